The predicted octanol–water partition coefficient (Wildman–Crippen LogP) is 3.82. The molecule has 0 radical (unpaired) electrons. The summed E-state index contributed by atoms with van der Waals surface area (Å²) in [7, 11) is 0. The average Bonchev–Trinajstić information content (AvgIpc) is 2.63. The van der Waals surface area contributed by atoms with E-state index in [0.717, 1.165) is 27.9 Å². The average molecular weight is 382 g/mol. The van der Waals surface area contributed by atoms with Crippen molar-refractivity contribution < 1.29 is 19.1 Å². The first-order valence-electron chi connectivity index (χ1n) is 9.14. The minimum Gasteiger partial charge on any atom is -0.456 e. The molecule has 2 amide bonds. The Morgan fingerprint density at radius 1 is 0.750 bits per heavy atom. The third-order valence-electron chi connectivity index (χ3n) is 4.23. The van der Waals surface area contributed by atoms with Gasteiger partial charge in [-0.15, -0.1) is 0 Å². The molecule has 28 heavy (non-hydrogen) atoms. The molecule has 0 fully saturated rings. The molecule has 0 spiro atoms. The number of anilines is 2. The van der Waals surface area contributed by atoms with Gasteiger partial charge in [-0.2, -0.15) is 0 Å². The first-order chi connectivity index (χ1) is 13.2. The molecule has 148 valence electrons. The highest BCUT2D eigenvalue weighted by Gasteiger charge is 2.12. The van der Waals surface area contributed by atoms with Crippen LogP contribution in [0.15, 0.2) is 36.4 Å². The van der Waals surface area contributed by atoms with Gasteiger partial charge >= 0.3 is 5.97 Å². The number of hydrogen-bond acceptors (Lipinski definition) is 4. The fourth-order valence-corrected chi connectivity index (χ4v) is 2.74. The molecule has 0 heterocycles. The summed E-state index contributed by atoms with van der Waals surface area (Å²) in [5, 5.41) is 5.48. The van der Waals surface area contributed by atoms with Crippen LogP contribution in [0.25, 0.3) is 0 Å². The summed E-state index contributed by atoms with van der Waals surface area (Å²) in [6.45, 7) is 7.36. The fourth-order valence-electron chi connectivity index (χ4n) is 2.74. The van der Waals surface area contributed by atoms with E-state index < -0.39 is 11.9 Å². The highest BCUT2D eigenvalue weighted by Crippen LogP contribution is 2.17. The van der Waals surface area contributed by atoms with Crippen molar-refractivity contribution in [2.75, 3.05) is 17.2 Å². The van der Waals surface area contributed by atoms with E-state index in [1.54, 1.807) is 0 Å². The van der Waals surface area contributed by atoms with Crippen LogP contribution in [0, 0.1) is 27.7 Å². The maximum Gasteiger partial charge on any atom is 0.306 e. The molecule has 6 heteroatoms. The summed E-state index contributed by atoms with van der Waals surface area (Å²) in [6.07, 6.45) is -0.0988. The van der Waals surface area contributed by atoms with Gasteiger partial charge in [0, 0.05) is 17.8 Å². The summed E-state index contributed by atoms with van der Waals surface area (Å²) in [5.74, 6) is -1.28. The van der Waals surface area contributed by atoms with E-state index in [2.05, 4.69) is 10.6 Å². The van der Waals surface area contributed by atoms with Gasteiger partial charge in [-0.1, -0.05) is 35.4 Å². The minimum absolute atomic E-state index is 0.00909. The number of ether oxygens (including phenoxy) is 1. The van der Waals surface area contributed by atoms with E-state index >= 15 is 0 Å². The highest BCUT2D eigenvalue weighted by atomic mass is 16.5. The molecule has 2 N–H and O–H groups in total. The van der Waals surface area contributed by atoms with Crippen LogP contribution in [0.3, 0.4) is 0 Å². The van der Waals surface area contributed by atoms with Crippen LogP contribution >= 0.6 is 0 Å². The zero-order chi connectivity index (χ0) is 20.7. The van der Waals surface area contributed by atoms with Crippen molar-refractivity contribution in [3.8, 4) is 0 Å². The van der Waals surface area contributed by atoms with Gasteiger partial charge in [0.15, 0.2) is 6.61 Å². The second-order valence-corrected chi connectivity index (χ2v) is 6.89. The van der Waals surface area contributed by atoms with Gasteiger partial charge in [0.25, 0.3) is 5.91 Å². The maximum absolute atomic E-state index is 12.0. The van der Waals surface area contributed by atoms with Gasteiger partial charge in [0.2, 0.25) is 5.91 Å². The molecule has 0 saturated carbocycles. The summed E-state index contributed by atoms with van der Waals surface area (Å²) >= 11 is 0. The molecule has 0 saturated heterocycles. The second kappa shape index (κ2) is 9.69. The van der Waals surface area contributed by atoms with E-state index in [1.807, 2.05) is 64.1 Å². The zero-order valence-corrected chi connectivity index (χ0v) is 16.7. The maximum atomic E-state index is 12.0. The molecule has 6 nitrogen and oxygen atoms in total. The monoisotopic (exact) mass is 382 g/mol. The summed E-state index contributed by atoms with van der Waals surface area (Å²) < 4.78 is 4.95. The van der Waals surface area contributed by atoms with E-state index in [9.17, 15) is 14.4 Å². The Morgan fingerprint density at radius 2 is 1.25 bits per heavy atom. The molecular weight excluding hydrogens is 356 g/mol. The molecule has 0 atom stereocenters. The molecule has 2 rings (SSSR count). The van der Waals surface area contributed by atoms with E-state index in [4.69, 9.17) is 4.74 Å². The van der Waals surface area contributed by atoms with Crippen molar-refractivity contribution in [1.82, 2.24) is 0 Å². The Bertz CT molecular complexity index is 819. The zero-order valence-electron chi connectivity index (χ0n) is 16.7. The fraction of sp³-hybridized carbons (Fsp3) is 0.318. The quantitative estimate of drug-likeness (QED) is 0.713. The number of esters is 1. The highest BCUT2D eigenvalue weighted by molar-refractivity contribution is 5.95. The Balaban J connectivity index is 1.73. The lowest BCUT2D eigenvalue weighted by Gasteiger charge is -2.10. The number of benzene rings is 2. The van der Waals surface area contributed by atoms with E-state index in [1.165, 1.54) is 0 Å². The third-order valence-corrected chi connectivity index (χ3v) is 4.23. The number of hydrogen-bond donors (Lipinski definition) is 2. The Labute approximate surface area is 165 Å². The lowest BCUT2D eigenvalue weighted by molar-refractivity contribution is -0.147. The normalized spacial score (nSPS) is 10.3. The van der Waals surface area contributed by atoms with E-state index in [0.29, 0.717) is 5.69 Å². The lowest BCUT2D eigenvalue weighted by Crippen LogP contribution is -2.22. The number of aryl methyl sites for hydroxylation is 4. The Hall–Kier alpha value is -3.15. The first kappa shape index (κ1) is 21.2. The molecule has 0 aromatic heterocycles. The smallest absolute Gasteiger partial charge is 0.306 e. The largest absolute Gasteiger partial charge is 0.456 e. The van der Waals surface area contributed by atoms with Crippen LogP contribution in [0.5, 0.6) is 0 Å². The molecule has 0 bridgehead atoms. The van der Waals surface area contributed by atoms with Gasteiger partial charge in [0.1, 0.15) is 0 Å². The number of carbonyl (C=O) groups excluding carboxylic acids is 3. The Morgan fingerprint density at radius 3 is 1.75 bits per heavy atom. The van der Waals surface area contributed by atoms with Crippen molar-refractivity contribution in [2.45, 2.75) is 40.5 Å². The van der Waals surface area contributed by atoms with Gasteiger partial charge in [-0.25, -0.2) is 0 Å². The molecule has 0 aliphatic rings. The van der Waals surface area contributed by atoms with Crippen molar-refractivity contribution in [3.63, 3.8) is 0 Å². The summed E-state index contributed by atoms with van der Waals surface area (Å²) in [6, 6.07) is 11.4. The first-order valence-corrected chi connectivity index (χ1v) is 9.14. The van der Waals surface area contributed by atoms with Crippen molar-refractivity contribution in [3.05, 3.63) is 58.7 Å². The van der Waals surface area contributed by atoms with Crippen molar-refractivity contribution >= 4 is 29.2 Å². The molecule has 0 aliphatic heterocycles. The second-order valence-electron chi connectivity index (χ2n) is 6.89. The van der Waals surface area contributed by atoms with Gasteiger partial charge in [0.05, 0.1) is 6.42 Å². The van der Waals surface area contributed by atoms with Crippen LogP contribution < -0.4 is 10.6 Å². The molecule has 0 aliphatic carbocycles. The predicted molar refractivity (Wildman–Crippen MR) is 109 cm³/mol. The van der Waals surface area contributed by atoms with Crippen LogP contribution in [0.4, 0.5) is 11.4 Å². The SMILES string of the molecule is Cc1ccc(NC(=O)CCC(=O)OCC(=O)Nc2ccc(C)cc2C)c(C)c1. The topological polar surface area (TPSA) is 84.5 Å². The lowest BCUT2D eigenvalue weighted by atomic mass is 10.1. The summed E-state index contributed by atoms with van der Waals surface area (Å²) in [4.78, 5) is 35.7. The number of rotatable bonds is 7. The molecule has 2 aromatic rings. The number of amides is 2. The Kier molecular flexibility index (Phi) is 7.32. The molecular formula is C22H26N2O4. The third kappa shape index (κ3) is 6.54. The number of nitrogens with one attached hydrogen (secondary N) is 2. The van der Waals surface area contributed by atoms with E-state index in [-0.39, 0.29) is 25.4 Å². The minimum atomic E-state index is -0.591. The van der Waals surface area contributed by atoms with Crippen LogP contribution in [-0.2, 0) is 19.1 Å². The summed E-state index contributed by atoms with van der Waals surface area (Å²) in [5.41, 5.74) is 5.50. The van der Waals surface area contributed by atoms with Crippen LogP contribution in [-0.4, -0.2) is 24.4 Å². The van der Waals surface area contributed by atoms with Gasteiger partial charge in [-0.05, 0) is 51.0 Å². The van der Waals surface area contributed by atoms with Gasteiger partial charge in [-0.3, -0.25) is 14.4 Å². The van der Waals surface area contributed by atoms with Crippen LogP contribution in [0.1, 0.15) is 35.1 Å². The molecule has 0 unspecified atom stereocenters. The van der Waals surface area contributed by atoms with Crippen molar-refractivity contribution in [1.29, 1.82) is 0 Å². The number of carbonyl (C=O) groups is 3. The van der Waals surface area contributed by atoms with Crippen LogP contribution in [0.2, 0.25) is 0 Å². The van der Waals surface area contributed by atoms with Gasteiger partial charge < -0.3 is 15.4 Å². The standard InChI is InChI=1S/C22H26N2O4/c1-14-5-7-18(16(3)11-14)23-20(25)9-10-22(27)28-13-21(26)24-19-8-6-15(2)12-17(19)4/h5-8,11-12H,9-10,13H2,1-4H3,(H,23,25)(H,24,26). The molecule has 2 aromatic carbocycles. The van der Waals surface area contributed by atoms with Crippen molar-refractivity contribution in [2.24, 2.45) is 0 Å².